The number of ether oxygens (including phenoxy) is 3. The zero-order chi connectivity index (χ0) is 21.5. The summed E-state index contributed by atoms with van der Waals surface area (Å²) in [6.07, 6.45) is 0. The van der Waals surface area contributed by atoms with E-state index in [1.165, 1.54) is 0 Å². The van der Waals surface area contributed by atoms with Gasteiger partial charge in [-0.2, -0.15) is 0 Å². The first-order valence-corrected chi connectivity index (χ1v) is 11.5. The van der Waals surface area contributed by atoms with E-state index in [-0.39, 0.29) is 0 Å². The molecule has 0 amide bonds. The Morgan fingerprint density at radius 2 is 1.84 bits per heavy atom. The molecule has 1 fully saturated rings. The summed E-state index contributed by atoms with van der Waals surface area (Å²) in [5.74, 6) is 1.72. The molecule has 0 saturated carbocycles. The van der Waals surface area contributed by atoms with Crippen molar-refractivity contribution >= 4 is 17.0 Å². The molecule has 31 heavy (non-hydrogen) atoms. The van der Waals surface area contributed by atoms with Crippen molar-refractivity contribution in [2.75, 3.05) is 46.6 Å². The number of methoxy groups -OCH3 is 1. The van der Waals surface area contributed by atoms with Crippen molar-refractivity contribution in [2.24, 2.45) is 4.99 Å². The lowest BCUT2D eigenvalue weighted by molar-refractivity contribution is 0.0363. The van der Waals surface area contributed by atoms with Crippen molar-refractivity contribution in [3.05, 3.63) is 58.7 Å². The number of hydrogen-bond acceptors (Lipinski definition) is 6. The summed E-state index contributed by atoms with van der Waals surface area (Å²) >= 11 is 1.66. The van der Waals surface area contributed by atoms with Crippen LogP contribution in [-0.4, -0.2) is 56.0 Å². The molecule has 1 saturated heterocycles. The molecule has 0 bridgehead atoms. The van der Waals surface area contributed by atoms with Crippen LogP contribution in [0.1, 0.15) is 6.92 Å². The quantitative estimate of drug-likeness (QED) is 0.528. The van der Waals surface area contributed by atoms with Gasteiger partial charge in [-0.15, -0.1) is 11.3 Å². The first-order chi connectivity index (χ1) is 15.3. The lowest BCUT2D eigenvalue weighted by Gasteiger charge is -2.26. The normalized spacial score (nSPS) is 15.2. The van der Waals surface area contributed by atoms with Gasteiger partial charge in [0.1, 0.15) is 11.5 Å². The van der Waals surface area contributed by atoms with Gasteiger partial charge in [-0.1, -0.05) is 12.1 Å². The Morgan fingerprint density at radius 3 is 2.58 bits per heavy atom. The predicted molar refractivity (Wildman–Crippen MR) is 124 cm³/mol. The lowest BCUT2D eigenvalue weighted by Crippen LogP contribution is -2.39. The molecule has 0 atom stereocenters. The average Bonchev–Trinajstić information content (AvgIpc) is 3.22. The van der Waals surface area contributed by atoms with Crippen LogP contribution in [0.2, 0.25) is 0 Å². The fourth-order valence-electron chi connectivity index (χ4n) is 3.61. The van der Waals surface area contributed by atoms with Crippen molar-refractivity contribution in [3.8, 4) is 22.8 Å². The second-order valence-corrected chi connectivity index (χ2v) is 8.12. The second kappa shape index (κ2) is 10.6. The van der Waals surface area contributed by atoms with E-state index >= 15 is 0 Å². The van der Waals surface area contributed by atoms with Gasteiger partial charge in [0.15, 0.2) is 4.80 Å². The Hall–Kier alpha value is -2.61. The molecular weight excluding hydrogens is 410 g/mol. The van der Waals surface area contributed by atoms with Gasteiger partial charge < -0.3 is 18.8 Å². The van der Waals surface area contributed by atoms with E-state index in [1.54, 1.807) is 18.4 Å². The molecule has 0 aliphatic carbocycles. The van der Waals surface area contributed by atoms with Crippen LogP contribution in [-0.2, 0) is 11.3 Å². The summed E-state index contributed by atoms with van der Waals surface area (Å²) in [5, 5.41) is 2.18. The van der Waals surface area contributed by atoms with Crippen LogP contribution in [0.3, 0.4) is 0 Å². The van der Waals surface area contributed by atoms with E-state index in [0.717, 1.165) is 72.6 Å². The third kappa shape index (κ3) is 5.55. The maximum absolute atomic E-state index is 5.55. The Balaban J connectivity index is 1.67. The number of benzene rings is 2. The molecule has 1 aromatic heterocycles. The molecule has 3 aromatic rings. The molecule has 2 aromatic carbocycles. The highest BCUT2D eigenvalue weighted by atomic mass is 32.1. The molecule has 4 rings (SSSR count). The highest BCUT2D eigenvalue weighted by molar-refractivity contribution is 7.07. The summed E-state index contributed by atoms with van der Waals surface area (Å²) in [4.78, 5) is 8.38. The highest BCUT2D eigenvalue weighted by Crippen LogP contribution is 2.25. The summed E-state index contributed by atoms with van der Waals surface area (Å²) in [7, 11) is 1.70. The number of aromatic nitrogens is 1. The standard InChI is InChI=1S/C24H29N3O3S/c1-3-30-21-9-7-20(8-10-21)25-24-27(12-11-26-13-15-29-16-14-26)23(18-31-24)19-5-4-6-22(17-19)28-2/h4-10,17-18H,3,11-16H2,1-2H3. The SMILES string of the molecule is CCOc1ccc(N=c2scc(-c3cccc(OC)c3)n2CCN2CCOCC2)cc1. The summed E-state index contributed by atoms with van der Waals surface area (Å²) in [6, 6.07) is 16.1. The zero-order valence-corrected chi connectivity index (χ0v) is 18.9. The monoisotopic (exact) mass is 439 g/mol. The zero-order valence-electron chi connectivity index (χ0n) is 18.1. The van der Waals surface area contributed by atoms with Crippen LogP contribution in [0.25, 0.3) is 11.3 Å². The Labute approximate surface area is 187 Å². The molecule has 0 N–H and O–H groups in total. The maximum atomic E-state index is 5.55. The van der Waals surface area contributed by atoms with E-state index in [2.05, 4.69) is 27.0 Å². The van der Waals surface area contributed by atoms with Crippen LogP contribution >= 0.6 is 11.3 Å². The van der Waals surface area contributed by atoms with Gasteiger partial charge in [0.2, 0.25) is 0 Å². The van der Waals surface area contributed by atoms with Gasteiger partial charge in [0.25, 0.3) is 0 Å². The Kier molecular flexibility index (Phi) is 7.40. The molecular formula is C24H29N3O3S. The summed E-state index contributed by atoms with van der Waals surface area (Å²) in [6.45, 7) is 8.05. The van der Waals surface area contributed by atoms with Gasteiger partial charge in [-0.3, -0.25) is 4.90 Å². The van der Waals surface area contributed by atoms with Gasteiger partial charge in [0, 0.05) is 37.1 Å². The molecule has 1 aliphatic heterocycles. The topological polar surface area (TPSA) is 48.2 Å². The minimum absolute atomic E-state index is 0.660. The van der Waals surface area contributed by atoms with Crippen molar-refractivity contribution in [3.63, 3.8) is 0 Å². The average molecular weight is 440 g/mol. The lowest BCUT2D eigenvalue weighted by atomic mass is 10.1. The molecule has 2 heterocycles. The Morgan fingerprint density at radius 1 is 1.03 bits per heavy atom. The molecule has 0 radical (unpaired) electrons. The Bertz CT molecular complexity index is 1040. The van der Waals surface area contributed by atoms with Crippen LogP contribution in [0, 0.1) is 0 Å². The molecule has 1 aliphatic rings. The van der Waals surface area contributed by atoms with Crippen molar-refractivity contribution in [1.82, 2.24) is 9.47 Å². The van der Waals surface area contributed by atoms with E-state index in [0.29, 0.717) is 6.61 Å². The highest BCUT2D eigenvalue weighted by Gasteiger charge is 2.13. The van der Waals surface area contributed by atoms with Gasteiger partial charge in [-0.25, -0.2) is 4.99 Å². The van der Waals surface area contributed by atoms with Crippen LogP contribution < -0.4 is 14.3 Å². The predicted octanol–water partition coefficient (Wildman–Crippen LogP) is 4.19. The largest absolute Gasteiger partial charge is 0.497 e. The number of thiazole rings is 1. The van der Waals surface area contributed by atoms with Crippen molar-refractivity contribution in [2.45, 2.75) is 13.5 Å². The van der Waals surface area contributed by atoms with Crippen LogP contribution in [0.15, 0.2) is 58.9 Å². The van der Waals surface area contributed by atoms with Gasteiger partial charge in [0.05, 0.1) is 38.3 Å². The first kappa shape index (κ1) is 21.6. The fraction of sp³-hybridized carbons (Fsp3) is 0.375. The number of morpholine rings is 1. The number of nitrogens with zero attached hydrogens (tertiary/aromatic N) is 3. The number of hydrogen-bond donors (Lipinski definition) is 0. The van der Waals surface area contributed by atoms with Crippen LogP contribution in [0.5, 0.6) is 11.5 Å². The van der Waals surface area contributed by atoms with E-state index in [9.17, 15) is 0 Å². The fourth-order valence-corrected chi connectivity index (χ4v) is 4.56. The van der Waals surface area contributed by atoms with Crippen LogP contribution in [0.4, 0.5) is 5.69 Å². The first-order valence-electron chi connectivity index (χ1n) is 10.7. The molecule has 0 spiro atoms. The van der Waals surface area contributed by atoms with E-state index in [4.69, 9.17) is 19.2 Å². The summed E-state index contributed by atoms with van der Waals surface area (Å²) in [5.41, 5.74) is 3.20. The molecule has 7 heteroatoms. The summed E-state index contributed by atoms with van der Waals surface area (Å²) < 4.78 is 18.8. The second-order valence-electron chi connectivity index (χ2n) is 7.28. The van der Waals surface area contributed by atoms with Gasteiger partial charge in [-0.05, 0) is 43.3 Å². The molecule has 0 unspecified atom stereocenters. The van der Waals surface area contributed by atoms with E-state index in [1.807, 2.05) is 43.3 Å². The smallest absolute Gasteiger partial charge is 0.190 e. The molecule has 6 nitrogen and oxygen atoms in total. The number of rotatable bonds is 8. The minimum atomic E-state index is 0.660. The minimum Gasteiger partial charge on any atom is -0.497 e. The third-order valence-electron chi connectivity index (χ3n) is 5.28. The van der Waals surface area contributed by atoms with Crippen molar-refractivity contribution < 1.29 is 14.2 Å². The molecule has 164 valence electrons. The van der Waals surface area contributed by atoms with Crippen molar-refractivity contribution in [1.29, 1.82) is 0 Å². The van der Waals surface area contributed by atoms with E-state index < -0.39 is 0 Å². The maximum Gasteiger partial charge on any atom is 0.190 e. The van der Waals surface area contributed by atoms with Gasteiger partial charge >= 0.3 is 0 Å². The third-order valence-corrected chi connectivity index (χ3v) is 6.14.